The Balaban J connectivity index is 1.77. The molecule has 3 aromatic rings. The van der Waals surface area contributed by atoms with Crippen LogP contribution in [0.4, 0.5) is 0 Å². The average Bonchev–Trinajstić information content (AvgIpc) is 3.03. The van der Waals surface area contributed by atoms with Crippen LogP contribution >= 0.6 is 11.6 Å². The van der Waals surface area contributed by atoms with Crippen molar-refractivity contribution in [2.75, 3.05) is 20.3 Å². The van der Waals surface area contributed by atoms with Crippen LogP contribution in [0.3, 0.4) is 0 Å². The second-order valence-corrected chi connectivity index (χ2v) is 6.50. The van der Waals surface area contributed by atoms with E-state index >= 15 is 0 Å². The maximum absolute atomic E-state index is 12.6. The minimum atomic E-state index is -0.672. The molecule has 7 heteroatoms. The number of aromatic amines is 1. The Kier molecular flexibility index (Phi) is 5.90. The molecule has 1 aromatic heterocycles. The number of rotatable bonds is 7. The van der Waals surface area contributed by atoms with Gasteiger partial charge in [-0.05, 0) is 32.0 Å². The number of carbonyl (C=O) groups is 2. The molecule has 1 heterocycles. The number of halogens is 1. The summed E-state index contributed by atoms with van der Waals surface area (Å²) in [6, 6.07) is 10.4. The second kappa shape index (κ2) is 8.35. The van der Waals surface area contributed by atoms with Gasteiger partial charge in [0.15, 0.2) is 18.1 Å². The van der Waals surface area contributed by atoms with Crippen molar-refractivity contribution in [2.24, 2.45) is 0 Å². The Morgan fingerprint density at radius 2 is 1.93 bits per heavy atom. The number of hydrogen-bond donors (Lipinski definition) is 1. The lowest BCUT2D eigenvalue weighted by Gasteiger charge is -2.12. The third kappa shape index (κ3) is 3.82. The standard InChI is InChI=1S/C21H20ClNO5/c1-4-27-20-15(22)9-13(10-18(20)26-3)21(25)28-11-17(24)19-12(2)23-16-8-6-5-7-14(16)19/h5-10,23H,4,11H2,1-3H3. The summed E-state index contributed by atoms with van der Waals surface area (Å²) in [5.41, 5.74) is 2.28. The predicted octanol–water partition coefficient (Wildman–Crippen LogP) is 4.58. The van der Waals surface area contributed by atoms with Crippen LogP contribution in [0.5, 0.6) is 11.5 Å². The number of esters is 1. The molecule has 0 aliphatic rings. The van der Waals surface area contributed by atoms with Gasteiger partial charge < -0.3 is 19.2 Å². The number of Topliss-reactive ketones (excluding diaryl/α,β-unsaturated/α-hetero) is 1. The normalized spacial score (nSPS) is 10.7. The van der Waals surface area contributed by atoms with E-state index in [1.54, 1.807) is 0 Å². The number of carbonyl (C=O) groups excluding carboxylic acids is 2. The highest BCUT2D eigenvalue weighted by Crippen LogP contribution is 2.36. The van der Waals surface area contributed by atoms with Gasteiger partial charge in [0.2, 0.25) is 5.78 Å². The van der Waals surface area contributed by atoms with E-state index in [9.17, 15) is 9.59 Å². The van der Waals surface area contributed by atoms with Crippen LogP contribution < -0.4 is 9.47 Å². The zero-order valence-electron chi connectivity index (χ0n) is 15.8. The summed E-state index contributed by atoms with van der Waals surface area (Å²) in [6.07, 6.45) is 0. The Morgan fingerprint density at radius 3 is 2.64 bits per heavy atom. The SMILES string of the molecule is CCOc1c(Cl)cc(C(=O)OCC(=O)c2c(C)[nH]c3ccccc23)cc1OC. The highest BCUT2D eigenvalue weighted by molar-refractivity contribution is 6.32. The molecule has 1 N–H and O–H groups in total. The van der Waals surface area contributed by atoms with E-state index in [1.807, 2.05) is 38.1 Å². The van der Waals surface area contributed by atoms with E-state index in [4.69, 9.17) is 25.8 Å². The first-order chi connectivity index (χ1) is 13.5. The molecule has 0 fully saturated rings. The summed E-state index contributed by atoms with van der Waals surface area (Å²) < 4.78 is 15.9. The number of ether oxygens (including phenoxy) is 3. The molecule has 0 atom stereocenters. The number of para-hydroxylation sites is 1. The molecule has 2 aromatic carbocycles. The summed E-state index contributed by atoms with van der Waals surface area (Å²) in [7, 11) is 1.45. The van der Waals surface area contributed by atoms with Crippen molar-refractivity contribution in [3.05, 3.63) is 58.2 Å². The minimum Gasteiger partial charge on any atom is -0.493 e. The largest absolute Gasteiger partial charge is 0.493 e. The van der Waals surface area contributed by atoms with Crippen molar-refractivity contribution in [1.82, 2.24) is 4.98 Å². The molecular weight excluding hydrogens is 382 g/mol. The smallest absolute Gasteiger partial charge is 0.338 e. The fourth-order valence-electron chi connectivity index (χ4n) is 3.04. The van der Waals surface area contributed by atoms with Crippen LogP contribution in [0.25, 0.3) is 10.9 Å². The molecule has 0 radical (unpaired) electrons. The van der Waals surface area contributed by atoms with E-state index in [2.05, 4.69) is 4.98 Å². The van der Waals surface area contributed by atoms with Gasteiger partial charge in [0.25, 0.3) is 0 Å². The molecule has 0 aliphatic carbocycles. The first-order valence-corrected chi connectivity index (χ1v) is 9.12. The van der Waals surface area contributed by atoms with Gasteiger partial charge in [0.05, 0.1) is 24.3 Å². The quantitative estimate of drug-likeness (QED) is 0.463. The molecule has 0 aliphatic heterocycles. The van der Waals surface area contributed by atoms with Crippen molar-refractivity contribution in [1.29, 1.82) is 0 Å². The molecule has 0 saturated heterocycles. The Bertz CT molecular complexity index is 1040. The molecule has 0 unspecified atom stereocenters. The molecule has 146 valence electrons. The van der Waals surface area contributed by atoms with E-state index < -0.39 is 5.97 Å². The van der Waals surface area contributed by atoms with Crippen molar-refractivity contribution in [3.8, 4) is 11.5 Å². The van der Waals surface area contributed by atoms with E-state index in [0.29, 0.717) is 23.7 Å². The zero-order chi connectivity index (χ0) is 20.3. The average molecular weight is 402 g/mol. The van der Waals surface area contributed by atoms with Gasteiger partial charge in [-0.3, -0.25) is 4.79 Å². The highest BCUT2D eigenvalue weighted by Gasteiger charge is 2.20. The van der Waals surface area contributed by atoms with E-state index in [0.717, 1.165) is 16.6 Å². The van der Waals surface area contributed by atoms with Crippen LogP contribution in [0.1, 0.15) is 33.3 Å². The Morgan fingerprint density at radius 1 is 1.18 bits per heavy atom. The molecule has 28 heavy (non-hydrogen) atoms. The lowest BCUT2D eigenvalue weighted by Crippen LogP contribution is -2.15. The van der Waals surface area contributed by atoms with Gasteiger partial charge in [-0.15, -0.1) is 0 Å². The van der Waals surface area contributed by atoms with Crippen molar-refractivity contribution in [3.63, 3.8) is 0 Å². The third-order valence-corrected chi connectivity index (χ3v) is 4.54. The number of methoxy groups -OCH3 is 1. The monoisotopic (exact) mass is 401 g/mol. The number of aromatic nitrogens is 1. The number of benzene rings is 2. The first kappa shape index (κ1) is 19.8. The van der Waals surface area contributed by atoms with E-state index in [1.165, 1.54) is 19.2 Å². The fraction of sp³-hybridized carbons (Fsp3) is 0.238. The predicted molar refractivity (Wildman–Crippen MR) is 107 cm³/mol. The number of H-pyrrole nitrogens is 1. The van der Waals surface area contributed by atoms with Gasteiger partial charge in [0, 0.05) is 22.2 Å². The van der Waals surface area contributed by atoms with Crippen LogP contribution in [0.15, 0.2) is 36.4 Å². The number of nitrogens with one attached hydrogen (secondary N) is 1. The lowest BCUT2D eigenvalue weighted by atomic mass is 10.1. The molecule has 0 saturated carbocycles. The van der Waals surface area contributed by atoms with Crippen molar-refractivity contribution >= 4 is 34.3 Å². The second-order valence-electron chi connectivity index (χ2n) is 6.09. The van der Waals surface area contributed by atoms with Gasteiger partial charge >= 0.3 is 5.97 Å². The van der Waals surface area contributed by atoms with Gasteiger partial charge in [-0.2, -0.15) is 0 Å². The summed E-state index contributed by atoms with van der Waals surface area (Å²) in [4.78, 5) is 28.2. The molecular formula is C21H20ClNO5. The van der Waals surface area contributed by atoms with Crippen LogP contribution in [-0.4, -0.2) is 37.1 Å². The highest BCUT2D eigenvalue weighted by atomic mass is 35.5. The minimum absolute atomic E-state index is 0.175. The summed E-state index contributed by atoms with van der Waals surface area (Å²) >= 11 is 6.18. The van der Waals surface area contributed by atoms with Gasteiger partial charge in [0.1, 0.15) is 0 Å². The maximum atomic E-state index is 12.6. The molecule has 0 amide bonds. The van der Waals surface area contributed by atoms with Crippen LogP contribution in [-0.2, 0) is 4.74 Å². The van der Waals surface area contributed by atoms with Gasteiger partial charge in [-0.25, -0.2) is 4.79 Å². The maximum Gasteiger partial charge on any atom is 0.338 e. The van der Waals surface area contributed by atoms with E-state index in [-0.39, 0.29) is 23.0 Å². The van der Waals surface area contributed by atoms with Crippen molar-refractivity contribution < 1.29 is 23.8 Å². The zero-order valence-corrected chi connectivity index (χ0v) is 16.6. The van der Waals surface area contributed by atoms with Crippen molar-refractivity contribution in [2.45, 2.75) is 13.8 Å². The van der Waals surface area contributed by atoms with Gasteiger partial charge in [-0.1, -0.05) is 29.8 Å². The third-order valence-electron chi connectivity index (χ3n) is 4.26. The number of aryl methyl sites for hydroxylation is 1. The molecule has 3 rings (SSSR count). The topological polar surface area (TPSA) is 77.6 Å². The van der Waals surface area contributed by atoms with Crippen LogP contribution in [0, 0.1) is 6.92 Å². The Hall–Kier alpha value is -2.99. The summed E-state index contributed by atoms with van der Waals surface area (Å²) in [5.74, 6) is -0.282. The van der Waals surface area contributed by atoms with Crippen LogP contribution in [0.2, 0.25) is 5.02 Å². The number of fused-ring (bicyclic) bond motifs is 1. The summed E-state index contributed by atoms with van der Waals surface area (Å²) in [5, 5.41) is 1.03. The fourth-order valence-corrected chi connectivity index (χ4v) is 3.31. The number of ketones is 1. The summed E-state index contributed by atoms with van der Waals surface area (Å²) in [6.45, 7) is 3.65. The molecule has 0 spiro atoms. The molecule has 6 nitrogen and oxygen atoms in total. The molecule has 0 bridgehead atoms. The first-order valence-electron chi connectivity index (χ1n) is 8.74. The number of hydrogen-bond acceptors (Lipinski definition) is 5. The lowest BCUT2D eigenvalue weighted by molar-refractivity contribution is 0.0474. The Labute approximate surface area is 167 Å².